The number of carbonyl (C=O) groups is 1. The summed E-state index contributed by atoms with van der Waals surface area (Å²) in [5.74, 6) is 0.154. The number of hydrogen-bond donors (Lipinski definition) is 0. The topological polar surface area (TPSA) is 41.4 Å². The molecule has 2 saturated heterocycles. The van der Waals surface area contributed by atoms with Crippen molar-refractivity contribution in [1.29, 1.82) is 0 Å². The van der Waals surface area contributed by atoms with Crippen LogP contribution in [0.3, 0.4) is 0 Å². The zero-order valence-corrected chi connectivity index (χ0v) is 15.8. The first-order valence-electron chi connectivity index (χ1n) is 9.83. The predicted octanol–water partition coefficient (Wildman–Crippen LogP) is 3.27. The summed E-state index contributed by atoms with van der Waals surface area (Å²) in [7, 11) is 0. The average molecular weight is 352 g/mol. The van der Waals surface area contributed by atoms with Crippen molar-refractivity contribution in [1.82, 2.24) is 19.6 Å². The lowest BCUT2D eigenvalue weighted by atomic mass is 9.96. The second kappa shape index (κ2) is 7.23. The van der Waals surface area contributed by atoms with Crippen molar-refractivity contribution in [2.75, 3.05) is 19.6 Å². The van der Waals surface area contributed by atoms with Gasteiger partial charge in [-0.05, 0) is 50.9 Å². The molecule has 138 valence electrons. The van der Waals surface area contributed by atoms with Crippen LogP contribution in [0.5, 0.6) is 0 Å². The Kier molecular flexibility index (Phi) is 4.81. The van der Waals surface area contributed by atoms with E-state index in [1.165, 1.54) is 25.8 Å². The highest BCUT2D eigenvalue weighted by molar-refractivity contribution is 5.95. The normalized spacial score (nSPS) is 21.6. The summed E-state index contributed by atoms with van der Waals surface area (Å²) >= 11 is 0. The molecule has 2 aromatic rings. The van der Waals surface area contributed by atoms with Gasteiger partial charge in [0, 0.05) is 49.0 Å². The number of amides is 1. The van der Waals surface area contributed by atoms with Crippen LogP contribution in [0.25, 0.3) is 11.1 Å². The van der Waals surface area contributed by atoms with Gasteiger partial charge in [-0.1, -0.05) is 18.6 Å². The third-order valence-electron chi connectivity index (χ3n) is 5.90. The maximum Gasteiger partial charge on any atom is 0.253 e. The van der Waals surface area contributed by atoms with Crippen LogP contribution in [-0.4, -0.2) is 57.2 Å². The van der Waals surface area contributed by atoms with E-state index in [0.717, 1.165) is 36.3 Å². The molecule has 5 heteroatoms. The fraction of sp³-hybridized carbons (Fsp3) is 0.524. The van der Waals surface area contributed by atoms with Gasteiger partial charge in [0.2, 0.25) is 0 Å². The zero-order chi connectivity index (χ0) is 18.1. The van der Waals surface area contributed by atoms with E-state index in [2.05, 4.69) is 23.8 Å². The number of hydrogen-bond acceptors (Lipinski definition) is 3. The smallest absolute Gasteiger partial charge is 0.253 e. The van der Waals surface area contributed by atoms with Crippen molar-refractivity contribution in [3.8, 4) is 11.1 Å². The summed E-state index contributed by atoms with van der Waals surface area (Å²) in [4.78, 5) is 17.3. The van der Waals surface area contributed by atoms with E-state index in [-0.39, 0.29) is 5.91 Å². The van der Waals surface area contributed by atoms with Crippen LogP contribution in [0.2, 0.25) is 0 Å². The van der Waals surface area contributed by atoms with Gasteiger partial charge in [-0.25, -0.2) is 0 Å². The molecule has 5 nitrogen and oxygen atoms in total. The lowest BCUT2D eigenvalue weighted by Gasteiger charge is -2.49. The van der Waals surface area contributed by atoms with E-state index < -0.39 is 0 Å². The molecular weight excluding hydrogens is 324 g/mol. The minimum absolute atomic E-state index is 0.154. The number of carbonyl (C=O) groups excluding carboxylic acids is 1. The Labute approximate surface area is 155 Å². The predicted molar refractivity (Wildman–Crippen MR) is 103 cm³/mol. The molecule has 1 aromatic heterocycles. The largest absolute Gasteiger partial charge is 0.335 e. The maximum atomic E-state index is 12.7. The summed E-state index contributed by atoms with van der Waals surface area (Å²) in [5.41, 5.74) is 2.97. The Bertz CT molecular complexity index is 761. The highest BCUT2D eigenvalue weighted by Gasteiger charge is 2.37. The molecule has 0 bridgehead atoms. The Balaban J connectivity index is 1.37. The molecular formula is C21H28N4O. The Morgan fingerprint density at radius 1 is 1.15 bits per heavy atom. The molecule has 0 radical (unpaired) electrons. The Hall–Kier alpha value is -2.14. The van der Waals surface area contributed by atoms with E-state index in [9.17, 15) is 4.79 Å². The molecule has 1 aromatic carbocycles. The fourth-order valence-corrected chi connectivity index (χ4v) is 4.17. The molecule has 0 aliphatic carbocycles. The molecule has 1 atom stereocenters. The summed E-state index contributed by atoms with van der Waals surface area (Å²) in [6, 6.07) is 9.14. The number of nitrogens with zero attached hydrogens (tertiary/aromatic N) is 4. The van der Waals surface area contributed by atoms with Crippen molar-refractivity contribution in [2.24, 2.45) is 0 Å². The third kappa shape index (κ3) is 3.28. The highest BCUT2D eigenvalue weighted by atomic mass is 16.2. The number of aromatic nitrogens is 2. The van der Waals surface area contributed by atoms with Crippen LogP contribution >= 0.6 is 0 Å². The molecule has 0 N–H and O–H groups in total. The van der Waals surface area contributed by atoms with E-state index in [0.29, 0.717) is 12.1 Å². The molecule has 2 aliphatic heterocycles. The Morgan fingerprint density at radius 2 is 1.92 bits per heavy atom. The standard InChI is InChI=1S/C21H28N4O/c1-3-24-13-19(12-22-24)17-7-9-18(10-8-17)21(26)23-14-20(15-23)25-11-5-4-6-16(25)2/h7-10,12-13,16,20H,3-6,11,14-15H2,1-2H3. The van der Waals surface area contributed by atoms with Crippen LogP contribution in [0, 0.1) is 0 Å². The SMILES string of the molecule is CCn1cc(-c2ccc(C(=O)N3CC(N4CCCCC4C)C3)cc2)cn1. The molecule has 26 heavy (non-hydrogen) atoms. The molecule has 2 fully saturated rings. The van der Waals surface area contributed by atoms with Crippen LogP contribution in [0.1, 0.15) is 43.5 Å². The molecule has 2 aliphatic rings. The van der Waals surface area contributed by atoms with E-state index in [4.69, 9.17) is 0 Å². The first-order chi connectivity index (χ1) is 12.7. The average Bonchev–Trinajstić information content (AvgIpc) is 3.11. The quantitative estimate of drug-likeness (QED) is 0.848. The van der Waals surface area contributed by atoms with Crippen LogP contribution in [-0.2, 0) is 6.54 Å². The van der Waals surface area contributed by atoms with E-state index in [1.807, 2.05) is 46.2 Å². The van der Waals surface area contributed by atoms with Crippen molar-refractivity contribution >= 4 is 5.91 Å². The lowest BCUT2D eigenvalue weighted by Crippen LogP contribution is -2.63. The van der Waals surface area contributed by atoms with Gasteiger partial charge in [-0.15, -0.1) is 0 Å². The van der Waals surface area contributed by atoms with Crippen LogP contribution in [0.4, 0.5) is 0 Å². The number of likely N-dealkylation sites (tertiary alicyclic amines) is 2. The fourth-order valence-electron chi connectivity index (χ4n) is 4.17. The highest BCUT2D eigenvalue weighted by Crippen LogP contribution is 2.26. The first-order valence-corrected chi connectivity index (χ1v) is 9.83. The first kappa shape index (κ1) is 17.3. The Morgan fingerprint density at radius 3 is 2.58 bits per heavy atom. The number of benzene rings is 1. The maximum absolute atomic E-state index is 12.7. The molecule has 3 heterocycles. The minimum atomic E-state index is 0.154. The summed E-state index contributed by atoms with van der Waals surface area (Å²) in [5, 5.41) is 4.31. The molecule has 1 unspecified atom stereocenters. The van der Waals surface area contributed by atoms with Gasteiger partial charge in [0.05, 0.1) is 6.20 Å². The van der Waals surface area contributed by atoms with Gasteiger partial charge in [0.25, 0.3) is 5.91 Å². The van der Waals surface area contributed by atoms with Crippen molar-refractivity contribution in [3.63, 3.8) is 0 Å². The second-order valence-corrected chi connectivity index (χ2v) is 7.61. The molecule has 0 saturated carbocycles. The summed E-state index contributed by atoms with van der Waals surface area (Å²) < 4.78 is 1.91. The minimum Gasteiger partial charge on any atom is -0.335 e. The van der Waals surface area contributed by atoms with Crippen molar-refractivity contribution in [3.05, 3.63) is 42.2 Å². The number of rotatable bonds is 4. The van der Waals surface area contributed by atoms with Crippen LogP contribution < -0.4 is 0 Å². The van der Waals surface area contributed by atoms with E-state index >= 15 is 0 Å². The van der Waals surface area contributed by atoms with Crippen molar-refractivity contribution in [2.45, 2.75) is 51.7 Å². The number of piperidine rings is 1. The third-order valence-corrected chi connectivity index (χ3v) is 5.90. The number of aryl methyl sites for hydroxylation is 1. The van der Waals surface area contributed by atoms with Crippen LogP contribution in [0.15, 0.2) is 36.7 Å². The molecule has 4 rings (SSSR count). The van der Waals surface area contributed by atoms with Gasteiger partial charge in [-0.3, -0.25) is 14.4 Å². The lowest BCUT2D eigenvalue weighted by molar-refractivity contribution is 0.00213. The molecule has 1 amide bonds. The van der Waals surface area contributed by atoms with Gasteiger partial charge >= 0.3 is 0 Å². The monoisotopic (exact) mass is 352 g/mol. The molecule has 0 spiro atoms. The van der Waals surface area contributed by atoms with E-state index in [1.54, 1.807) is 0 Å². The van der Waals surface area contributed by atoms with Gasteiger partial charge in [0.1, 0.15) is 0 Å². The van der Waals surface area contributed by atoms with Crippen molar-refractivity contribution < 1.29 is 4.79 Å². The van der Waals surface area contributed by atoms with Gasteiger partial charge < -0.3 is 4.90 Å². The summed E-state index contributed by atoms with van der Waals surface area (Å²) in [6.07, 6.45) is 7.85. The summed E-state index contributed by atoms with van der Waals surface area (Å²) in [6.45, 7) is 8.19. The zero-order valence-electron chi connectivity index (χ0n) is 15.8. The van der Waals surface area contributed by atoms with Gasteiger partial charge in [0.15, 0.2) is 0 Å². The second-order valence-electron chi connectivity index (χ2n) is 7.61. The van der Waals surface area contributed by atoms with Gasteiger partial charge in [-0.2, -0.15) is 5.10 Å².